The third kappa shape index (κ3) is 1.50. The molecule has 1 N–H and O–H groups in total. The Morgan fingerprint density at radius 3 is 2.94 bits per heavy atom. The molecular weight excluding hydrogens is 200 g/mol. The minimum atomic E-state index is 0.554. The average Bonchev–Trinajstić information content (AvgIpc) is 2.75. The number of nitrogens with zero attached hydrogens (tertiary/aromatic N) is 3. The number of aryl methyl sites for hydroxylation is 1. The second kappa shape index (κ2) is 3.87. The van der Waals surface area contributed by atoms with Crippen LogP contribution in [0.3, 0.4) is 0 Å². The first-order chi connectivity index (χ1) is 7.86. The van der Waals surface area contributed by atoms with E-state index in [-0.39, 0.29) is 0 Å². The third-order valence-corrected chi connectivity index (χ3v) is 3.36. The molecule has 0 saturated carbocycles. The maximum absolute atomic E-state index is 4.36. The summed E-state index contributed by atoms with van der Waals surface area (Å²) in [5, 5.41) is 12.0. The molecule has 16 heavy (non-hydrogen) atoms. The number of rotatable bonds is 1. The number of hydrogen-bond donors (Lipinski definition) is 1. The van der Waals surface area contributed by atoms with Gasteiger partial charge in [-0.05, 0) is 44.5 Å². The summed E-state index contributed by atoms with van der Waals surface area (Å²) >= 11 is 0. The molecule has 0 radical (unpaired) electrons. The quantitative estimate of drug-likeness (QED) is 0.785. The Morgan fingerprint density at radius 1 is 1.31 bits per heavy atom. The molecule has 0 aromatic carbocycles. The number of nitrogens with one attached hydrogen (secondary N) is 1. The van der Waals surface area contributed by atoms with Crippen molar-refractivity contribution in [2.45, 2.75) is 25.7 Å². The predicted octanol–water partition coefficient (Wildman–Crippen LogP) is 1.50. The molecular formula is C12H16N4. The van der Waals surface area contributed by atoms with Crippen LogP contribution in [0.4, 0.5) is 0 Å². The van der Waals surface area contributed by atoms with Crippen LogP contribution in [0.1, 0.15) is 30.1 Å². The fourth-order valence-corrected chi connectivity index (χ4v) is 2.43. The molecule has 1 aliphatic heterocycles. The van der Waals surface area contributed by atoms with Gasteiger partial charge in [0, 0.05) is 12.1 Å². The van der Waals surface area contributed by atoms with Gasteiger partial charge < -0.3 is 5.32 Å². The van der Waals surface area contributed by atoms with E-state index >= 15 is 0 Å². The fraction of sp³-hybridized carbons (Fsp3) is 0.500. The van der Waals surface area contributed by atoms with E-state index in [0.717, 1.165) is 37.4 Å². The van der Waals surface area contributed by atoms with Gasteiger partial charge in [0.25, 0.3) is 0 Å². The molecule has 2 aromatic heterocycles. The average molecular weight is 216 g/mol. The highest BCUT2D eigenvalue weighted by Crippen LogP contribution is 2.24. The van der Waals surface area contributed by atoms with E-state index in [1.54, 1.807) is 0 Å². The first kappa shape index (κ1) is 9.78. The van der Waals surface area contributed by atoms with Gasteiger partial charge in [-0.3, -0.25) is 4.40 Å². The van der Waals surface area contributed by atoms with Gasteiger partial charge in [-0.2, -0.15) is 0 Å². The van der Waals surface area contributed by atoms with Gasteiger partial charge in [0.15, 0.2) is 5.65 Å². The molecule has 1 fully saturated rings. The number of hydrogen-bond acceptors (Lipinski definition) is 3. The molecule has 0 spiro atoms. The zero-order chi connectivity index (χ0) is 11.0. The lowest BCUT2D eigenvalue weighted by molar-refractivity contribution is 0.442. The standard InChI is InChI=1S/C12H16N4/c1-9-3-2-8-16-11(9)14-15-12(16)10-4-6-13-7-5-10/h2-3,8,10,13H,4-7H2,1H3. The summed E-state index contributed by atoms with van der Waals surface area (Å²) < 4.78 is 2.14. The van der Waals surface area contributed by atoms with E-state index in [4.69, 9.17) is 0 Å². The van der Waals surface area contributed by atoms with Crippen LogP contribution in [0, 0.1) is 6.92 Å². The summed E-state index contributed by atoms with van der Waals surface area (Å²) in [5.41, 5.74) is 2.19. The Balaban J connectivity index is 2.06. The molecule has 0 bridgehead atoms. The zero-order valence-electron chi connectivity index (χ0n) is 9.48. The number of aromatic nitrogens is 3. The van der Waals surface area contributed by atoms with Gasteiger partial charge in [0.1, 0.15) is 5.82 Å². The SMILES string of the molecule is Cc1cccn2c(C3CCNCC3)nnc12. The maximum Gasteiger partial charge on any atom is 0.163 e. The van der Waals surface area contributed by atoms with Crippen LogP contribution in [0.25, 0.3) is 5.65 Å². The lowest BCUT2D eigenvalue weighted by atomic mass is 9.97. The molecule has 0 atom stereocenters. The molecule has 1 saturated heterocycles. The van der Waals surface area contributed by atoms with E-state index in [1.807, 2.05) is 0 Å². The Kier molecular flexibility index (Phi) is 2.36. The maximum atomic E-state index is 4.36. The lowest BCUT2D eigenvalue weighted by Crippen LogP contribution is -2.27. The van der Waals surface area contributed by atoms with Crippen molar-refractivity contribution >= 4 is 5.65 Å². The monoisotopic (exact) mass is 216 g/mol. The highest BCUT2D eigenvalue weighted by atomic mass is 15.2. The van der Waals surface area contributed by atoms with Crippen LogP contribution in [0.2, 0.25) is 0 Å². The fourth-order valence-electron chi connectivity index (χ4n) is 2.43. The van der Waals surface area contributed by atoms with Crippen LogP contribution >= 0.6 is 0 Å². The molecule has 0 amide bonds. The molecule has 1 aliphatic rings. The van der Waals surface area contributed by atoms with Crippen molar-refractivity contribution in [1.82, 2.24) is 19.9 Å². The van der Waals surface area contributed by atoms with E-state index < -0.39 is 0 Å². The van der Waals surface area contributed by atoms with Crippen molar-refractivity contribution in [3.8, 4) is 0 Å². The van der Waals surface area contributed by atoms with Crippen LogP contribution in [-0.4, -0.2) is 27.7 Å². The van der Waals surface area contributed by atoms with Crippen LogP contribution < -0.4 is 5.32 Å². The first-order valence-electron chi connectivity index (χ1n) is 5.87. The predicted molar refractivity (Wildman–Crippen MR) is 62.6 cm³/mol. The van der Waals surface area contributed by atoms with Crippen LogP contribution in [0.15, 0.2) is 18.3 Å². The van der Waals surface area contributed by atoms with Gasteiger partial charge in [-0.15, -0.1) is 10.2 Å². The number of piperidine rings is 1. The minimum absolute atomic E-state index is 0.554. The van der Waals surface area contributed by atoms with Crippen molar-refractivity contribution in [3.05, 3.63) is 29.7 Å². The molecule has 4 nitrogen and oxygen atoms in total. The van der Waals surface area contributed by atoms with Gasteiger partial charge in [-0.1, -0.05) is 6.07 Å². The summed E-state index contributed by atoms with van der Waals surface area (Å²) in [7, 11) is 0. The number of pyridine rings is 1. The highest BCUT2D eigenvalue weighted by Gasteiger charge is 2.20. The van der Waals surface area contributed by atoms with Gasteiger partial charge in [0.2, 0.25) is 0 Å². The Bertz CT molecular complexity index is 497. The largest absolute Gasteiger partial charge is 0.317 e. The van der Waals surface area contributed by atoms with Crippen LogP contribution in [-0.2, 0) is 0 Å². The van der Waals surface area contributed by atoms with E-state index in [0.29, 0.717) is 5.92 Å². The highest BCUT2D eigenvalue weighted by molar-refractivity contribution is 5.46. The zero-order valence-corrected chi connectivity index (χ0v) is 9.48. The van der Waals surface area contributed by atoms with Gasteiger partial charge in [0.05, 0.1) is 0 Å². The second-order valence-electron chi connectivity index (χ2n) is 4.47. The van der Waals surface area contributed by atoms with E-state index in [2.05, 4.69) is 45.2 Å². The van der Waals surface area contributed by atoms with E-state index in [1.165, 1.54) is 5.56 Å². The Hall–Kier alpha value is -1.42. The van der Waals surface area contributed by atoms with E-state index in [9.17, 15) is 0 Å². The number of fused-ring (bicyclic) bond motifs is 1. The topological polar surface area (TPSA) is 42.2 Å². The lowest BCUT2D eigenvalue weighted by Gasteiger charge is -2.20. The van der Waals surface area contributed by atoms with Gasteiger partial charge in [-0.25, -0.2) is 0 Å². The smallest absolute Gasteiger partial charge is 0.163 e. The molecule has 0 unspecified atom stereocenters. The van der Waals surface area contributed by atoms with Crippen molar-refractivity contribution < 1.29 is 0 Å². The second-order valence-corrected chi connectivity index (χ2v) is 4.47. The normalized spacial score (nSPS) is 18.1. The van der Waals surface area contributed by atoms with Crippen LogP contribution in [0.5, 0.6) is 0 Å². The first-order valence-corrected chi connectivity index (χ1v) is 5.87. The van der Waals surface area contributed by atoms with Crippen molar-refractivity contribution in [2.75, 3.05) is 13.1 Å². The van der Waals surface area contributed by atoms with Crippen molar-refractivity contribution in [1.29, 1.82) is 0 Å². The summed E-state index contributed by atoms with van der Waals surface area (Å²) in [5.74, 6) is 1.68. The summed E-state index contributed by atoms with van der Waals surface area (Å²) in [6, 6.07) is 4.15. The van der Waals surface area contributed by atoms with Crippen molar-refractivity contribution in [3.63, 3.8) is 0 Å². The molecule has 3 rings (SSSR count). The summed E-state index contributed by atoms with van der Waals surface area (Å²) in [4.78, 5) is 0. The molecule has 4 heteroatoms. The van der Waals surface area contributed by atoms with Gasteiger partial charge >= 0.3 is 0 Å². The molecule has 3 heterocycles. The molecule has 2 aromatic rings. The summed E-state index contributed by atoms with van der Waals surface area (Å²) in [6.45, 7) is 4.26. The Labute approximate surface area is 94.7 Å². The third-order valence-electron chi connectivity index (χ3n) is 3.36. The molecule has 84 valence electrons. The minimum Gasteiger partial charge on any atom is -0.317 e. The molecule has 0 aliphatic carbocycles. The summed E-state index contributed by atoms with van der Waals surface area (Å²) in [6.07, 6.45) is 4.39. The Morgan fingerprint density at radius 2 is 2.12 bits per heavy atom. The van der Waals surface area contributed by atoms with Crippen molar-refractivity contribution in [2.24, 2.45) is 0 Å².